The molecule has 0 saturated heterocycles. The number of methoxy groups -OCH3 is 1. The molecule has 0 amide bonds. The Hall–Kier alpha value is -0.990. The van der Waals surface area contributed by atoms with Crippen molar-refractivity contribution in [2.75, 3.05) is 20.7 Å². The van der Waals surface area contributed by atoms with Gasteiger partial charge >= 0.3 is 5.97 Å². The highest BCUT2D eigenvalue weighted by Gasteiger charge is 2.22. The summed E-state index contributed by atoms with van der Waals surface area (Å²) < 4.78 is 43.1. The lowest BCUT2D eigenvalue weighted by Crippen LogP contribution is -2.29. The molecule has 0 spiro atoms. The van der Waals surface area contributed by atoms with Crippen molar-refractivity contribution in [2.24, 2.45) is 0 Å². The normalized spacial score (nSPS) is 11.6. The number of ether oxygens (including phenoxy) is 1. The number of hydrogen-bond donors (Lipinski definition) is 0. The van der Waals surface area contributed by atoms with Crippen molar-refractivity contribution >= 4 is 31.9 Å². The fourth-order valence-electron chi connectivity index (χ4n) is 1.29. The molecule has 5 nitrogen and oxygen atoms in total. The number of benzene rings is 1. The van der Waals surface area contributed by atoms with Crippen LogP contribution < -0.4 is 0 Å². The van der Waals surface area contributed by atoms with E-state index in [4.69, 9.17) is 0 Å². The number of halogens is 2. The lowest BCUT2D eigenvalue weighted by Gasteiger charge is -2.16. The van der Waals surface area contributed by atoms with Gasteiger partial charge in [0.05, 0.1) is 22.9 Å². The summed E-state index contributed by atoms with van der Waals surface area (Å²) >= 11 is 2.95. The number of carbonyl (C=O) groups is 1. The number of sulfonamides is 1. The van der Waals surface area contributed by atoms with Crippen LogP contribution in [0, 0.1) is 5.82 Å². The number of rotatable bonds is 5. The summed E-state index contributed by atoms with van der Waals surface area (Å²) in [6, 6.07) is 3.53. The Labute approximate surface area is 119 Å². The van der Waals surface area contributed by atoms with E-state index in [0.29, 0.717) is 0 Å². The van der Waals surface area contributed by atoms with E-state index in [1.54, 1.807) is 0 Å². The van der Waals surface area contributed by atoms with Gasteiger partial charge < -0.3 is 4.74 Å². The zero-order chi connectivity index (χ0) is 14.6. The van der Waals surface area contributed by atoms with Gasteiger partial charge in [-0.1, -0.05) is 0 Å². The molecule has 1 aromatic rings. The Kier molecular flexibility index (Phi) is 5.45. The monoisotopic (exact) mass is 353 g/mol. The Morgan fingerprint density at radius 1 is 1.47 bits per heavy atom. The number of nitrogens with zero attached hydrogens (tertiary/aromatic N) is 1. The van der Waals surface area contributed by atoms with Crippen molar-refractivity contribution in [3.63, 3.8) is 0 Å². The van der Waals surface area contributed by atoms with Gasteiger partial charge in [-0.25, -0.2) is 17.1 Å². The molecule has 0 fully saturated rings. The summed E-state index contributed by atoms with van der Waals surface area (Å²) in [5, 5.41) is 0. The minimum atomic E-state index is -3.82. The molecule has 0 aliphatic carbocycles. The molecule has 19 heavy (non-hydrogen) atoms. The third-order valence-electron chi connectivity index (χ3n) is 2.46. The fourth-order valence-corrected chi connectivity index (χ4v) is 2.72. The summed E-state index contributed by atoms with van der Waals surface area (Å²) in [5.41, 5.74) is 0. The molecule has 0 saturated carbocycles. The van der Waals surface area contributed by atoms with E-state index >= 15 is 0 Å². The Morgan fingerprint density at radius 2 is 2.11 bits per heavy atom. The van der Waals surface area contributed by atoms with Gasteiger partial charge in [0.2, 0.25) is 10.0 Å². The van der Waals surface area contributed by atoms with Crippen LogP contribution >= 0.6 is 15.9 Å². The maximum Gasteiger partial charge on any atom is 0.306 e. The second kappa shape index (κ2) is 6.44. The highest BCUT2D eigenvalue weighted by atomic mass is 79.9. The molecule has 8 heteroatoms. The molecule has 1 rings (SSSR count). The summed E-state index contributed by atoms with van der Waals surface area (Å²) in [6.07, 6.45) is -0.0642. The Bertz CT molecular complexity index is 576. The standard InChI is InChI=1S/C11H13BrFNO4S/c1-14(6-5-11(15)18-2)19(16,17)8-3-4-9(12)10(13)7-8/h3-4,7H,5-6H2,1-2H3. The van der Waals surface area contributed by atoms with Gasteiger partial charge in [-0.3, -0.25) is 4.79 Å². The van der Waals surface area contributed by atoms with E-state index in [1.807, 2.05) is 0 Å². The molecule has 0 radical (unpaired) electrons. The minimum absolute atomic E-state index is 0.0350. The summed E-state index contributed by atoms with van der Waals surface area (Å²) in [6.45, 7) is -0.0350. The van der Waals surface area contributed by atoms with Crippen LogP contribution in [0.4, 0.5) is 4.39 Å². The predicted octanol–water partition coefficient (Wildman–Crippen LogP) is 1.77. The molecular formula is C11H13BrFNO4S. The largest absolute Gasteiger partial charge is 0.469 e. The van der Waals surface area contributed by atoms with Gasteiger partial charge in [0.1, 0.15) is 5.82 Å². The van der Waals surface area contributed by atoms with Crippen LogP contribution in [-0.2, 0) is 19.6 Å². The first-order valence-electron chi connectivity index (χ1n) is 5.27. The average Bonchev–Trinajstić information content (AvgIpc) is 2.38. The first-order chi connectivity index (χ1) is 8.78. The zero-order valence-corrected chi connectivity index (χ0v) is 12.8. The van der Waals surface area contributed by atoms with Crippen LogP contribution in [0.5, 0.6) is 0 Å². The van der Waals surface area contributed by atoms with Crippen molar-refractivity contribution in [3.05, 3.63) is 28.5 Å². The first kappa shape index (κ1) is 16.1. The first-order valence-corrected chi connectivity index (χ1v) is 7.50. The maximum atomic E-state index is 13.3. The van der Waals surface area contributed by atoms with E-state index in [0.717, 1.165) is 10.4 Å². The van der Waals surface area contributed by atoms with Crippen LogP contribution in [0.25, 0.3) is 0 Å². The molecule has 0 N–H and O–H groups in total. The van der Waals surface area contributed by atoms with Gasteiger partial charge in [-0.2, -0.15) is 0 Å². The summed E-state index contributed by atoms with van der Waals surface area (Å²) in [7, 11) is -1.28. The maximum absolute atomic E-state index is 13.3. The van der Waals surface area contributed by atoms with Crippen LogP contribution in [0.1, 0.15) is 6.42 Å². The Morgan fingerprint density at radius 3 is 2.63 bits per heavy atom. The molecule has 0 aliphatic heterocycles. The lowest BCUT2D eigenvalue weighted by atomic mass is 10.3. The second-order valence-corrected chi connectivity index (χ2v) is 6.63. The smallest absolute Gasteiger partial charge is 0.306 e. The molecule has 0 heterocycles. The van der Waals surface area contributed by atoms with Crippen LogP contribution in [0.3, 0.4) is 0 Å². The average molecular weight is 354 g/mol. The van der Waals surface area contributed by atoms with Gasteiger partial charge in [-0.15, -0.1) is 0 Å². The molecule has 0 unspecified atom stereocenters. The van der Waals surface area contributed by atoms with E-state index in [2.05, 4.69) is 20.7 Å². The topological polar surface area (TPSA) is 63.7 Å². The Balaban J connectivity index is 2.90. The lowest BCUT2D eigenvalue weighted by molar-refractivity contribution is -0.140. The van der Waals surface area contributed by atoms with E-state index in [1.165, 1.54) is 26.3 Å². The van der Waals surface area contributed by atoms with Crippen LogP contribution in [0.15, 0.2) is 27.6 Å². The van der Waals surface area contributed by atoms with Gasteiger partial charge in [0.25, 0.3) is 0 Å². The van der Waals surface area contributed by atoms with Gasteiger partial charge in [0, 0.05) is 13.6 Å². The van der Waals surface area contributed by atoms with Crippen LogP contribution in [0.2, 0.25) is 0 Å². The van der Waals surface area contributed by atoms with Gasteiger partial charge in [0.15, 0.2) is 0 Å². The summed E-state index contributed by atoms with van der Waals surface area (Å²) in [4.78, 5) is 10.8. The molecule has 0 aromatic heterocycles. The molecule has 0 atom stereocenters. The van der Waals surface area contributed by atoms with Crippen molar-refractivity contribution in [1.82, 2.24) is 4.31 Å². The number of carbonyl (C=O) groups excluding carboxylic acids is 1. The van der Waals surface area contributed by atoms with E-state index in [9.17, 15) is 17.6 Å². The predicted molar refractivity (Wildman–Crippen MR) is 70.5 cm³/mol. The van der Waals surface area contributed by atoms with Crippen molar-refractivity contribution in [1.29, 1.82) is 0 Å². The SMILES string of the molecule is COC(=O)CCN(C)S(=O)(=O)c1ccc(Br)c(F)c1. The molecule has 0 bridgehead atoms. The zero-order valence-electron chi connectivity index (χ0n) is 10.4. The minimum Gasteiger partial charge on any atom is -0.469 e. The van der Waals surface area contributed by atoms with E-state index < -0.39 is 21.8 Å². The third-order valence-corrected chi connectivity index (χ3v) is 4.95. The molecule has 0 aliphatic rings. The molecule has 106 valence electrons. The van der Waals surface area contributed by atoms with E-state index in [-0.39, 0.29) is 22.3 Å². The third kappa shape index (κ3) is 3.99. The van der Waals surface area contributed by atoms with Crippen molar-refractivity contribution in [2.45, 2.75) is 11.3 Å². The fraction of sp³-hybridized carbons (Fsp3) is 0.364. The molecular weight excluding hydrogens is 341 g/mol. The van der Waals surface area contributed by atoms with Gasteiger partial charge in [-0.05, 0) is 34.1 Å². The number of esters is 1. The second-order valence-electron chi connectivity index (χ2n) is 3.73. The highest BCUT2D eigenvalue weighted by Crippen LogP contribution is 2.21. The number of hydrogen-bond acceptors (Lipinski definition) is 4. The van der Waals surface area contributed by atoms with Crippen molar-refractivity contribution in [3.8, 4) is 0 Å². The van der Waals surface area contributed by atoms with Crippen molar-refractivity contribution < 1.29 is 22.3 Å². The quantitative estimate of drug-likeness (QED) is 0.756. The molecule has 1 aromatic carbocycles. The summed E-state index contributed by atoms with van der Waals surface area (Å²) in [5.74, 6) is -1.17. The van der Waals surface area contributed by atoms with Crippen LogP contribution in [-0.4, -0.2) is 39.4 Å². The highest BCUT2D eigenvalue weighted by molar-refractivity contribution is 9.10.